The molecule has 3 nitrogen and oxygen atoms in total. The van der Waals surface area contributed by atoms with Crippen LogP contribution in [-0.4, -0.2) is 19.1 Å². The van der Waals surface area contributed by atoms with Gasteiger partial charge in [0.15, 0.2) is 0 Å². The highest BCUT2D eigenvalue weighted by Gasteiger charge is 2.02. The summed E-state index contributed by atoms with van der Waals surface area (Å²) in [5.74, 6) is -0.196. The Bertz CT molecular complexity index is 371. The molecule has 0 fully saturated rings. The molecular formula is C11H13BrClNO2. The van der Waals surface area contributed by atoms with Gasteiger partial charge in [-0.3, -0.25) is 4.79 Å². The van der Waals surface area contributed by atoms with Gasteiger partial charge in [0.2, 0.25) is 0 Å². The maximum atomic E-state index is 11.1. The van der Waals surface area contributed by atoms with Crippen molar-refractivity contribution in [2.24, 2.45) is 0 Å². The predicted molar refractivity (Wildman–Crippen MR) is 68.9 cm³/mol. The lowest BCUT2D eigenvalue weighted by atomic mass is 10.3. The fourth-order valence-corrected chi connectivity index (χ4v) is 1.58. The summed E-state index contributed by atoms with van der Waals surface area (Å²) in [7, 11) is 0. The van der Waals surface area contributed by atoms with Gasteiger partial charge >= 0.3 is 5.97 Å². The number of halogens is 2. The molecule has 1 aromatic carbocycles. The Balaban J connectivity index is 2.37. The first-order chi connectivity index (χ1) is 7.63. The lowest BCUT2D eigenvalue weighted by molar-refractivity contribution is -0.142. The van der Waals surface area contributed by atoms with E-state index >= 15 is 0 Å². The fourth-order valence-electron chi connectivity index (χ4n) is 1.15. The van der Waals surface area contributed by atoms with Gasteiger partial charge in [0.25, 0.3) is 0 Å². The van der Waals surface area contributed by atoms with Crippen LogP contribution in [0.1, 0.15) is 13.3 Å². The molecule has 0 heterocycles. The predicted octanol–water partition coefficient (Wildman–Crippen LogP) is 3.47. The summed E-state index contributed by atoms with van der Waals surface area (Å²) >= 11 is 9.23. The van der Waals surface area contributed by atoms with E-state index in [-0.39, 0.29) is 5.97 Å². The molecule has 1 N–H and O–H groups in total. The third kappa shape index (κ3) is 4.41. The van der Waals surface area contributed by atoms with Crippen LogP contribution in [0.15, 0.2) is 22.7 Å². The van der Waals surface area contributed by atoms with Gasteiger partial charge in [-0.25, -0.2) is 0 Å². The Kier molecular flexibility index (Phi) is 5.63. The molecule has 88 valence electrons. The Hall–Kier alpha value is -0.740. The monoisotopic (exact) mass is 305 g/mol. The van der Waals surface area contributed by atoms with Crippen LogP contribution in [0.25, 0.3) is 0 Å². The van der Waals surface area contributed by atoms with Crippen LogP contribution >= 0.6 is 27.5 Å². The number of hydrogen-bond acceptors (Lipinski definition) is 3. The first kappa shape index (κ1) is 13.3. The molecule has 5 heteroatoms. The molecular weight excluding hydrogens is 293 g/mol. The third-order valence-electron chi connectivity index (χ3n) is 1.88. The second-order valence-corrected chi connectivity index (χ2v) is 4.37. The Labute approximate surface area is 108 Å². The van der Waals surface area contributed by atoms with Crippen molar-refractivity contribution in [1.29, 1.82) is 0 Å². The lowest BCUT2D eigenvalue weighted by Gasteiger charge is -2.07. The number of carbonyl (C=O) groups excluding carboxylic acids is 1. The van der Waals surface area contributed by atoms with E-state index in [0.717, 1.165) is 10.2 Å². The number of anilines is 1. The normalized spacial score (nSPS) is 9.94. The van der Waals surface area contributed by atoms with Crippen molar-refractivity contribution in [3.63, 3.8) is 0 Å². The minimum absolute atomic E-state index is 0.196. The van der Waals surface area contributed by atoms with E-state index in [1.54, 1.807) is 13.0 Å². The summed E-state index contributed by atoms with van der Waals surface area (Å²) in [6, 6.07) is 5.55. The van der Waals surface area contributed by atoms with Gasteiger partial charge in [-0.1, -0.05) is 11.6 Å². The lowest BCUT2D eigenvalue weighted by Crippen LogP contribution is -2.11. The maximum Gasteiger partial charge on any atom is 0.307 e. The molecule has 0 aliphatic heterocycles. The maximum absolute atomic E-state index is 11.1. The summed E-state index contributed by atoms with van der Waals surface area (Å²) in [6.07, 6.45) is 0.349. The van der Waals surface area contributed by atoms with Crippen LogP contribution in [0.5, 0.6) is 0 Å². The summed E-state index contributed by atoms with van der Waals surface area (Å²) in [4.78, 5) is 11.1. The van der Waals surface area contributed by atoms with Gasteiger partial charge in [0, 0.05) is 16.7 Å². The van der Waals surface area contributed by atoms with Gasteiger partial charge in [-0.2, -0.15) is 0 Å². The molecule has 0 aliphatic carbocycles. The van der Waals surface area contributed by atoms with E-state index in [4.69, 9.17) is 16.3 Å². The van der Waals surface area contributed by atoms with Crippen molar-refractivity contribution >= 4 is 39.2 Å². The van der Waals surface area contributed by atoms with E-state index in [1.807, 2.05) is 12.1 Å². The molecule has 0 atom stereocenters. The van der Waals surface area contributed by atoms with Crippen LogP contribution < -0.4 is 5.32 Å². The zero-order valence-corrected chi connectivity index (χ0v) is 11.3. The molecule has 1 rings (SSSR count). The van der Waals surface area contributed by atoms with Gasteiger partial charge < -0.3 is 10.1 Å². The zero-order chi connectivity index (χ0) is 12.0. The van der Waals surface area contributed by atoms with E-state index in [9.17, 15) is 4.79 Å². The summed E-state index contributed by atoms with van der Waals surface area (Å²) in [5.41, 5.74) is 0.887. The molecule has 0 radical (unpaired) electrons. The summed E-state index contributed by atoms with van der Waals surface area (Å²) in [5, 5.41) is 3.74. The van der Waals surface area contributed by atoms with E-state index in [2.05, 4.69) is 21.2 Å². The van der Waals surface area contributed by atoms with Crippen LogP contribution in [-0.2, 0) is 9.53 Å². The Morgan fingerprint density at radius 1 is 1.56 bits per heavy atom. The molecule has 0 aliphatic rings. The highest BCUT2D eigenvalue weighted by atomic mass is 79.9. The third-order valence-corrected chi connectivity index (χ3v) is 3.12. The first-order valence-electron chi connectivity index (χ1n) is 4.98. The van der Waals surface area contributed by atoms with E-state index in [1.165, 1.54) is 0 Å². The van der Waals surface area contributed by atoms with Crippen LogP contribution in [0.2, 0.25) is 5.02 Å². The number of nitrogens with one attached hydrogen (secondary N) is 1. The SMILES string of the molecule is CCOC(=O)CCNc1ccc(Br)c(Cl)c1. The number of rotatable bonds is 5. The molecule has 0 aromatic heterocycles. The van der Waals surface area contributed by atoms with Crippen LogP contribution in [0.3, 0.4) is 0 Å². The van der Waals surface area contributed by atoms with E-state index in [0.29, 0.717) is 24.6 Å². The van der Waals surface area contributed by atoms with E-state index < -0.39 is 0 Å². The highest BCUT2D eigenvalue weighted by Crippen LogP contribution is 2.25. The largest absolute Gasteiger partial charge is 0.466 e. The van der Waals surface area contributed by atoms with Crippen molar-refractivity contribution in [2.75, 3.05) is 18.5 Å². The smallest absolute Gasteiger partial charge is 0.307 e. The van der Waals surface area contributed by atoms with Crippen molar-refractivity contribution in [2.45, 2.75) is 13.3 Å². The second kappa shape index (κ2) is 6.76. The average Bonchev–Trinajstić information content (AvgIpc) is 2.24. The molecule has 1 aromatic rings. The molecule has 16 heavy (non-hydrogen) atoms. The summed E-state index contributed by atoms with van der Waals surface area (Å²) in [6.45, 7) is 2.75. The summed E-state index contributed by atoms with van der Waals surface area (Å²) < 4.78 is 5.66. The topological polar surface area (TPSA) is 38.3 Å². The zero-order valence-electron chi connectivity index (χ0n) is 8.93. The molecule has 0 saturated heterocycles. The van der Waals surface area contributed by atoms with Crippen molar-refractivity contribution < 1.29 is 9.53 Å². The molecule has 0 unspecified atom stereocenters. The number of ether oxygens (including phenoxy) is 1. The molecule has 0 saturated carbocycles. The second-order valence-electron chi connectivity index (χ2n) is 3.11. The van der Waals surface area contributed by atoms with Gasteiger partial charge in [0.1, 0.15) is 0 Å². The van der Waals surface area contributed by atoms with Crippen LogP contribution in [0, 0.1) is 0 Å². The Morgan fingerprint density at radius 2 is 2.31 bits per heavy atom. The molecule has 0 spiro atoms. The number of benzene rings is 1. The minimum Gasteiger partial charge on any atom is -0.466 e. The number of hydrogen-bond donors (Lipinski definition) is 1. The average molecular weight is 307 g/mol. The van der Waals surface area contributed by atoms with Crippen molar-refractivity contribution in [3.8, 4) is 0 Å². The van der Waals surface area contributed by atoms with Crippen molar-refractivity contribution in [3.05, 3.63) is 27.7 Å². The first-order valence-corrected chi connectivity index (χ1v) is 6.15. The standard InChI is InChI=1S/C11H13BrClNO2/c1-2-16-11(15)5-6-14-8-3-4-9(12)10(13)7-8/h3-4,7,14H,2,5-6H2,1H3. The van der Waals surface area contributed by atoms with Gasteiger partial charge in [0.05, 0.1) is 18.1 Å². The number of carbonyl (C=O) groups is 1. The van der Waals surface area contributed by atoms with Crippen molar-refractivity contribution in [1.82, 2.24) is 0 Å². The van der Waals surface area contributed by atoms with Gasteiger partial charge in [-0.05, 0) is 41.1 Å². The molecule has 0 bridgehead atoms. The number of esters is 1. The fraction of sp³-hybridized carbons (Fsp3) is 0.364. The van der Waals surface area contributed by atoms with Crippen LogP contribution in [0.4, 0.5) is 5.69 Å². The molecule has 0 amide bonds. The highest BCUT2D eigenvalue weighted by molar-refractivity contribution is 9.10. The van der Waals surface area contributed by atoms with Gasteiger partial charge in [-0.15, -0.1) is 0 Å². The quantitative estimate of drug-likeness (QED) is 0.847. The Morgan fingerprint density at radius 3 is 2.94 bits per heavy atom. The minimum atomic E-state index is -0.196.